The third-order valence-corrected chi connectivity index (χ3v) is 11.9. The molecule has 0 saturated heterocycles. The molecule has 0 N–H and O–H groups in total. The van der Waals surface area contributed by atoms with E-state index in [0.29, 0.717) is 10.8 Å². The molecule has 7 aromatic rings. The number of benzene rings is 5. The maximum absolute atomic E-state index is 13.9. The fraction of sp³-hybridized carbons (Fsp3) is 0.244. The summed E-state index contributed by atoms with van der Waals surface area (Å²) in [7, 11) is 3.73. The predicted octanol–water partition coefficient (Wildman–Crippen LogP) is 11.7. The van der Waals surface area contributed by atoms with E-state index in [9.17, 15) is 17.6 Å². The zero-order valence-corrected chi connectivity index (χ0v) is 33.1. The predicted molar refractivity (Wildman–Crippen MR) is 217 cm³/mol. The molecule has 0 amide bonds. The van der Waals surface area contributed by atoms with Crippen LogP contribution in [0.25, 0.3) is 33.9 Å². The summed E-state index contributed by atoms with van der Waals surface area (Å²) in [5.74, 6) is 2.24. The number of aromatic nitrogens is 6. The molecular formula is C45H38Cl2F4N6O. The van der Waals surface area contributed by atoms with Crippen molar-refractivity contribution >= 4 is 23.2 Å². The summed E-state index contributed by atoms with van der Waals surface area (Å²) in [5.41, 5.74) is 4.97. The summed E-state index contributed by atoms with van der Waals surface area (Å²) < 4.78 is 60.2. The number of nitrogens with zero attached hydrogens (tertiary/aromatic N) is 6. The van der Waals surface area contributed by atoms with Gasteiger partial charge in [-0.3, -0.25) is 0 Å². The Balaban J connectivity index is 0.000000162. The van der Waals surface area contributed by atoms with Crippen LogP contribution in [-0.2, 0) is 24.9 Å². The summed E-state index contributed by atoms with van der Waals surface area (Å²) in [5, 5.41) is 18.9. The Morgan fingerprint density at radius 3 is 1.62 bits per heavy atom. The van der Waals surface area contributed by atoms with Gasteiger partial charge in [0.1, 0.15) is 23.6 Å². The largest absolute Gasteiger partial charge is 0.573 e. The van der Waals surface area contributed by atoms with Crippen LogP contribution in [0.5, 0.6) is 5.75 Å². The first-order chi connectivity index (χ1) is 27.9. The van der Waals surface area contributed by atoms with Crippen LogP contribution in [-0.4, -0.2) is 42.1 Å². The van der Waals surface area contributed by atoms with E-state index in [4.69, 9.17) is 23.2 Å². The Morgan fingerprint density at radius 1 is 0.586 bits per heavy atom. The van der Waals surface area contributed by atoms with E-state index in [2.05, 4.69) is 97.4 Å². The SMILES string of the molecule is Cn1c(-c2ccc(-c3ccccc3)cc2)nnc1C1(c2ccc(Cl)cc2)CCC1.Cn1c(-c2ccccc2OC(F)(F)F)nnc1C1(c2ccc(Cl)cc2)CC(F)C1. The van der Waals surface area contributed by atoms with Crippen molar-refractivity contribution in [1.82, 2.24) is 29.5 Å². The van der Waals surface area contributed by atoms with Gasteiger partial charge in [-0.05, 0) is 84.3 Å². The highest BCUT2D eigenvalue weighted by atomic mass is 35.5. The lowest BCUT2D eigenvalue weighted by Gasteiger charge is -2.43. The molecule has 2 aliphatic carbocycles. The number of hydrogen-bond acceptors (Lipinski definition) is 5. The second-order valence-corrected chi connectivity index (χ2v) is 15.7. The van der Waals surface area contributed by atoms with Gasteiger partial charge in [-0.1, -0.05) is 121 Å². The van der Waals surface area contributed by atoms with Gasteiger partial charge in [0.15, 0.2) is 11.6 Å². The molecule has 58 heavy (non-hydrogen) atoms. The number of rotatable bonds is 8. The lowest BCUT2D eigenvalue weighted by atomic mass is 9.62. The van der Waals surface area contributed by atoms with Crippen LogP contribution in [0.3, 0.4) is 0 Å². The molecule has 2 aromatic heterocycles. The van der Waals surface area contributed by atoms with Crippen LogP contribution in [0.15, 0.2) is 127 Å². The van der Waals surface area contributed by atoms with Crippen LogP contribution >= 0.6 is 23.2 Å². The van der Waals surface area contributed by atoms with Crippen LogP contribution in [0.1, 0.15) is 54.9 Å². The molecule has 2 aliphatic rings. The number of hydrogen-bond donors (Lipinski definition) is 0. The van der Waals surface area contributed by atoms with Gasteiger partial charge in [0, 0.05) is 29.7 Å². The van der Waals surface area contributed by atoms with Crippen molar-refractivity contribution in [2.24, 2.45) is 14.1 Å². The zero-order valence-electron chi connectivity index (χ0n) is 31.6. The van der Waals surface area contributed by atoms with Crippen LogP contribution in [0.2, 0.25) is 10.0 Å². The summed E-state index contributed by atoms with van der Waals surface area (Å²) in [6.45, 7) is 0. The summed E-state index contributed by atoms with van der Waals surface area (Å²) in [4.78, 5) is 0. The van der Waals surface area contributed by atoms with E-state index in [1.165, 1.54) is 41.3 Å². The van der Waals surface area contributed by atoms with Crippen molar-refractivity contribution in [3.63, 3.8) is 0 Å². The third kappa shape index (κ3) is 7.49. The highest BCUT2D eigenvalue weighted by Gasteiger charge is 2.51. The number of ether oxygens (including phenoxy) is 1. The normalized spacial score (nSPS) is 18.4. The molecule has 0 unspecified atom stereocenters. The maximum Gasteiger partial charge on any atom is 0.573 e. The van der Waals surface area contributed by atoms with Crippen molar-refractivity contribution in [3.05, 3.63) is 160 Å². The fourth-order valence-corrected chi connectivity index (χ4v) is 8.49. The van der Waals surface area contributed by atoms with Crippen molar-refractivity contribution in [2.75, 3.05) is 0 Å². The number of para-hydroxylation sites is 1. The van der Waals surface area contributed by atoms with Crippen molar-refractivity contribution in [1.29, 1.82) is 0 Å². The van der Waals surface area contributed by atoms with Gasteiger partial charge in [-0.15, -0.1) is 33.6 Å². The monoisotopic (exact) mass is 824 g/mol. The lowest BCUT2D eigenvalue weighted by molar-refractivity contribution is -0.274. The molecule has 296 valence electrons. The average molecular weight is 826 g/mol. The molecule has 0 spiro atoms. The molecule has 9 rings (SSSR count). The Kier molecular flexibility index (Phi) is 10.6. The van der Waals surface area contributed by atoms with E-state index in [0.717, 1.165) is 40.6 Å². The zero-order chi connectivity index (χ0) is 40.7. The smallest absolute Gasteiger partial charge is 0.405 e. The summed E-state index contributed by atoms with van der Waals surface area (Å²) in [6.07, 6.45) is -2.02. The third-order valence-electron chi connectivity index (χ3n) is 11.4. The first kappa shape index (κ1) is 39.3. The van der Waals surface area contributed by atoms with Crippen LogP contribution in [0, 0.1) is 0 Å². The maximum atomic E-state index is 13.9. The second-order valence-electron chi connectivity index (χ2n) is 14.8. The van der Waals surface area contributed by atoms with Gasteiger partial charge in [0.25, 0.3) is 0 Å². The molecule has 5 aromatic carbocycles. The topological polar surface area (TPSA) is 70.7 Å². The van der Waals surface area contributed by atoms with Crippen molar-refractivity contribution in [2.45, 2.75) is 55.5 Å². The van der Waals surface area contributed by atoms with Gasteiger partial charge in [-0.2, -0.15) is 0 Å². The van der Waals surface area contributed by atoms with Crippen LogP contribution < -0.4 is 4.74 Å². The van der Waals surface area contributed by atoms with Crippen LogP contribution in [0.4, 0.5) is 17.6 Å². The molecule has 0 bridgehead atoms. The van der Waals surface area contributed by atoms with Crippen molar-refractivity contribution in [3.8, 4) is 39.7 Å². The highest BCUT2D eigenvalue weighted by molar-refractivity contribution is 6.30. The highest BCUT2D eigenvalue weighted by Crippen LogP contribution is 2.51. The van der Waals surface area contributed by atoms with E-state index >= 15 is 0 Å². The van der Waals surface area contributed by atoms with Gasteiger partial charge in [0.05, 0.1) is 16.4 Å². The average Bonchev–Trinajstić information content (AvgIpc) is 3.76. The summed E-state index contributed by atoms with van der Waals surface area (Å²) in [6, 6.07) is 39.9. The Labute approximate surface area is 343 Å². The van der Waals surface area contributed by atoms with E-state index in [1.807, 2.05) is 30.3 Å². The first-order valence-electron chi connectivity index (χ1n) is 18.8. The molecule has 2 fully saturated rings. The fourth-order valence-electron chi connectivity index (χ4n) is 8.24. The van der Waals surface area contributed by atoms with Gasteiger partial charge in [0.2, 0.25) is 0 Å². The molecule has 0 aliphatic heterocycles. The van der Waals surface area contributed by atoms with Gasteiger partial charge in [-0.25, -0.2) is 4.39 Å². The molecule has 2 saturated carbocycles. The van der Waals surface area contributed by atoms with E-state index < -0.39 is 17.9 Å². The summed E-state index contributed by atoms with van der Waals surface area (Å²) >= 11 is 12.1. The molecular weight excluding hydrogens is 787 g/mol. The Hall–Kier alpha value is -5.52. The van der Waals surface area contributed by atoms with E-state index in [-0.39, 0.29) is 35.4 Å². The second kappa shape index (κ2) is 15.7. The molecule has 0 radical (unpaired) electrons. The number of alkyl halides is 4. The quantitative estimate of drug-likeness (QED) is 0.143. The minimum Gasteiger partial charge on any atom is -0.405 e. The standard InChI is InChI=1S/C25H22ClN3.C20H16ClF4N3O/c1-29-23(20-10-8-19(9-11-20)18-6-3-2-4-7-18)27-28-24(29)25(16-5-17-25)21-12-14-22(26)15-13-21;1-28-17(15-4-2-3-5-16(15)29-20(23,24)25)26-27-18(28)19(10-14(22)11-19)12-6-8-13(21)9-7-12/h2-4,6-15H,5,16-17H2,1H3;2-9,14H,10-11H2,1H3. The minimum atomic E-state index is -4.84. The first-order valence-corrected chi connectivity index (χ1v) is 19.6. The Morgan fingerprint density at radius 2 is 1.07 bits per heavy atom. The van der Waals surface area contributed by atoms with Crippen molar-refractivity contribution < 1.29 is 22.3 Å². The van der Waals surface area contributed by atoms with Gasteiger partial charge >= 0.3 is 6.36 Å². The Bertz CT molecular complexity index is 2510. The molecule has 7 nitrogen and oxygen atoms in total. The van der Waals surface area contributed by atoms with E-state index in [1.54, 1.807) is 29.8 Å². The lowest BCUT2D eigenvalue weighted by Crippen LogP contribution is -2.45. The van der Waals surface area contributed by atoms with Gasteiger partial charge < -0.3 is 13.9 Å². The number of halogens is 6. The molecule has 2 heterocycles. The molecule has 13 heteroatoms. The molecule has 0 atom stereocenters. The minimum absolute atomic E-state index is 0.0609.